The highest BCUT2D eigenvalue weighted by molar-refractivity contribution is 7.84. The minimum Gasteiger partial charge on any atom is -0.440 e. The number of halogens is 5. The fourth-order valence-corrected chi connectivity index (χ4v) is 5.01. The number of benzene rings is 3. The van der Waals surface area contributed by atoms with Gasteiger partial charge in [-0.05, 0) is 60.5 Å². The third kappa shape index (κ3) is 5.26. The zero-order chi connectivity index (χ0) is 28.1. The molecule has 11 heteroatoms. The molecule has 1 atom stereocenters. The van der Waals surface area contributed by atoms with E-state index in [1.54, 1.807) is 49.6 Å². The monoisotopic (exact) mass is 573 g/mol. The Bertz CT molecular complexity index is 1740. The molecule has 0 saturated carbocycles. The third-order valence-corrected chi connectivity index (χ3v) is 7.31. The fraction of sp³-hybridized carbons (Fsp3) is 0.143. The van der Waals surface area contributed by atoms with Gasteiger partial charge in [0.25, 0.3) is 0 Å². The Morgan fingerprint density at radius 3 is 2.33 bits per heavy atom. The van der Waals surface area contributed by atoms with Crippen LogP contribution in [0.25, 0.3) is 39.4 Å². The lowest BCUT2D eigenvalue weighted by atomic mass is 9.98. The van der Waals surface area contributed by atoms with Crippen molar-refractivity contribution < 1.29 is 26.2 Å². The summed E-state index contributed by atoms with van der Waals surface area (Å²) in [6.45, 7) is 3.10. The van der Waals surface area contributed by atoms with Crippen LogP contribution in [0.3, 0.4) is 0 Å². The van der Waals surface area contributed by atoms with Gasteiger partial charge in [0.2, 0.25) is 0 Å². The molecule has 0 fully saturated rings. The van der Waals surface area contributed by atoms with Crippen molar-refractivity contribution >= 4 is 22.4 Å². The number of hydrogen-bond donors (Lipinski definition) is 0. The summed E-state index contributed by atoms with van der Waals surface area (Å²) in [6, 6.07) is 16.4. The Labute approximate surface area is 228 Å². The van der Waals surface area contributed by atoms with E-state index in [1.807, 2.05) is 6.07 Å². The molecule has 0 aliphatic heterocycles. The van der Waals surface area contributed by atoms with E-state index in [9.17, 15) is 21.8 Å². The second kappa shape index (κ2) is 10.1. The van der Waals surface area contributed by atoms with E-state index >= 15 is 0 Å². The molecule has 1 unspecified atom stereocenters. The van der Waals surface area contributed by atoms with Crippen LogP contribution in [0.2, 0.25) is 5.02 Å². The molecule has 2 aromatic heterocycles. The molecule has 3 aromatic carbocycles. The number of aryl methyl sites for hydroxylation is 2. The first-order valence-electron chi connectivity index (χ1n) is 11.6. The van der Waals surface area contributed by atoms with E-state index < -0.39 is 28.5 Å². The molecule has 5 rings (SSSR count). The van der Waals surface area contributed by atoms with Gasteiger partial charge in [0.1, 0.15) is 17.3 Å². The van der Waals surface area contributed by atoms with E-state index in [0.717, 1.165) is 11.8 Å². The van der Waals surface area contributed by atoms with Crippen molar-refractivity contribution in [2.45, 2.75) is 24.9 Å². The van der Waals surface area contributed by atoms with Gasteiger partial charge in [0, 0.05) is 46.2 Å². The first kappa shape index (κ1) is 26.8. The number of rotatable bonds is 5. The van der Waals surface area contributed by atoms with Crippen LogP contribution in [0.15, 0.2) is 76.2 Å². The Morgan fingerprint density at radius 1 is 0.949 bits per heavy atom. The van der Waals surface area contributed by atoms with Crippen LogP contribution in [0, 0.1) is 19.7 Å². The highest BCUT2D eigenvalue weighted by Crippen LogP contribution is 2.40. The largest absolute Gasteiger partial charge is 0.440 e. The molecule has 0 N–H and O–H groups in total. The predicted octanol–water partition coefficient (Wildman–Crippen LogP) is 8.03. The van der Waals surface area contributed by atoms with Crippen molar-refractivity contribution in [3.05, 3.63) is 95.1 Å². The summed E-state index contributed by atoms with van der Waals surface area (Å²) >= 11 is 6.03. The summed E-state index contributed by atoms with van der Waals surface area (Å²) < 4.78 is 73.7. The van der Waals surface area contributed by atoms with Gasteiger partial charge in [-0.3, -0.25) is 4.21 Å². The quantitative estimate of drug-likeness (QED) is 0.200. The molecule has 200 valence electrons. The van der Waals surface area contributed by atoms with Crippen molar-refractivity contribution in [1.29, 1.82) is 0 Å². The van der Waals surface area contributed by atoms with Crippen molar-refractivity contribution in [1.82, 2.24) is 14.5 Å². The topological polar surface area (TPSA) is 60.9 Å². The number of alkyl halides is 3. The SMILES string of the molecule is Cc1nc(-c2cc(-c3cccc(S(C)=O)c3)ccc2-n2cc(C(F)(F)F)nc2C)c(-c2ccc(F)c(Cl)c2)o1. The van der Waals surface area contributed by atoms with Crippen LogP contribution in [0.4, 0.5) is 17.6 Å². The van der Waals surface area contributed by atoms with E-state index in [0.29, 0.717) is 38.9 Å². The molecule has 0 aliphatic rings. The highest BCUT2D eigenvalue weighted by Gasteiger charge is 2.35. The van der Waals surface area contributed by atoms with E-state index in [4.69, 9.17) is 16.0 Å². The summed E-state index contributed by atoms with van der Waals surface area (Å²) in [5, 5.41) is -0.119. The maximum atomic E-state index is 13.9. The van der Waals surface area contributed by atoms with Crippen LogP contribution in [0.5, 0.6) is 0 Å². The predicted molar refractivity (Wildman–Crippen MR) is 142 cm³/mol. The lowest BCUT2D eigenvalue weighted by molar-refractivity contribution is -0.141. The molecular weight excluding hydrogens is 554 g/mol. The molecule has 5 aromatic rings. The Hall–Kier alpha value is -3.76. The lowest BCUT2D eigenvalue weighted by Gasteiger charge is -2.14. The number of hydrogen-bond acceptors (Lipinski definition) is 4. The fourth-order valence-electron chi connectivity index (χ4n) is 4.27. The summed E-state index contributed by atoms with van der Waals surface area (Å²) in [7, 11) is -1.22. The standard InChI is InChI=1S/C28H20ClF4N3O2S/c1-15-34-25(28(31,32)33)14-36(15)24-10-8-18(17-5-4-6-20(11-17)39(3)37)12-21(24)26-27(38-16(2)35-26)19-7-9-23(30)22(29)13-19/h4-14H,1-3H3. The van der Waals surface area contributed by atoms with Crippen LogP contribution in [0.1, 0.15) is 17.4 Å². The van der Waals surface area contributed by atoms with Crippen molar-refractivity contribution in [2.24, 2.45) is 0 Å². The number of oxazole rings is 1. The Kier molecular flexibility index (Phi) is 6.94. The molecule has 0 radical (unpaired) electrons. The van der Waals surface area contributed by atoms with E-state index in [1.165, 1.54) is 29.7 Å². The molecule has 5 nitrogen and oxygen atoms in total. The molecule has 2 heterocycles. The Morgan fingerprint density at radius 2 is 1.67 bits per heavy atom. The number of imidazole rings is 1. The molecule has 0 saturated heterocycles. The minimum atomic E-state index is -4.63. The van der Waals surface area contributed by atoms with Crippen LogP contribution in [-0.2, 0) is 17.0 Å². The summed E-state index contributed by atoms with van der Waals surface area (Å²) in [6.07, 6.45) is -2.13. The van der Waals surface area contributed by atoms with Crippen molar-refractivity contribution in [2.75, 3.05) is 6.26 Å². The maximum Gasteiger partial charge on any atom is 0.434 e. The van der Waals surface area contributed by atoms with Crippen LogP contribution < -0.4 is 0 Å². The normalized spacial score (nSPS) is 12.6. The molecule has 39 heavy (non-hydrogen) atoms. The van der Waals surface area contributed by atoms with Gasteiger partial charge in [-0.1, -0.05) is 29.8 Å². The van der Waals surface area contributed by atoms with Gasteiger partial charge >= 0.3 is 6.18 Å². The third-order valence-electron chi connectivity index (χ3n) is 6.10. The summed E-state index contributed by atoms with van der Waals surface area (Å²) in [5.41, 5.74) is 2.00. The average molecular weight is 574 g/mol. The molecule has 0 aliphatic carbocycles. The van der Waals surface area contributed by atoms with Gasteiger partial charge in [0.05, 0.1) is 10.7 Å². The first-order valence-corrected chi connectivity index (χ1v) is 13.5. The minimum absolute atomic E-state index is 0.117. The maximum absolute atomic E-state index is 13.9. The molecule has 0 spiro atoms. The van der Waals surface area contributed by atoms with E-state index in [-0.39, 0.29) is 16.6 Å². The summed E-state index contributed by atoms with van der Waals surface area (Å²) in [5.74, 6) is 0.0673. The number of nitrogens with zero attached hydrogens (tertiary/aromatic N) is 3. The van der Waals surface area contributed by atoms with Gasteiger partial charge in [-0.25, -0.2) is 14.4 Å². The molecule has 0 amide bonds. The smallest absolute Gasteiger partial charge is 0.434 e. The van der Waals surface area contributed by atoms with E-state index in [2.05, 4.69) is 9.97 Å². The zero-order valence-electron chi connectivity index (χ0n) is 20.8. The van der Waals surface area contributed by atoms with Gasteiger partial charge in [-0.15, -0.1) is 0 Å². The first-order chi connectivity index (χ1) is 18.4. The zero-order valence-corrected chi connectivity index (χ0v) is 22.4. The number of aromatic nitrogens is 3. The molecule has 0 bridgehead atoms. The lowest BCUT2D eigenvalue weighted by Crippen LogP contribution is -2.05. The average Bonchev–Trinajstić information content (AvgIpc) is 3.48. The Balaban J connectivity index is 1.78. The van der Waals surface area contributed by atoms with Crippen LogP contribution >= 0.6 is 11.6 Å². The highest BCUT2D eigenvalue weighted by atomic mass is 35.5. The second-order valence-corrected chi connectivity index (χ2v) is 10.6. The van der Waals surface area contributed by atoms with Crippen molar-refractivity contribution in [3.8, 4) is 39.4 Å². The van der Waals surface area contributed by atoms with Gasteiger partial charge in [-0.2, -0.15) is 13.2 Å². The summed E-state index contributed by atoms with van der Waals surface area (Å²) in [4.78, 5) is 8.89. The molecular formula is C28H20ClF4N3O2S. The van der Waals surface area contributed by atoms with Gasteiger partial charge in [0.15, 0.2) is 17.3 Å². The second-order valence-electron chi connectivity index (χ2n) is 8.79. The van der Waals surface area contributed by atoms with Crippen LogP contribution in [-0.4, -0.2) is 25.0 Å². The van der Waals surface area contributed by atoms with Gasteiger partial charge < -0.3 is 8.98 Å². The van der Waals surface area contributed by atoms with Crippen molar-refractivity contribution in [3.63, 3.8) is 0 Å².